The van der Waals surface area contributed by atoms with E-state index in [2.05, 4.69) is 15.6 Å². The standard InChI is InChI=1S/C28H36FN7O3/c1-28(2,3)25(36-16-22(32-33-36)18-7-8-18)27(39)35-15-20(37)12-24(35)26(38)31-19-5-4-10-34(14-19)23-9-6-17(13-30)11-21(23)29/h6,9,11,16,18-20,24-25,37H,4-5,7-8,10,12,14-15H2,1-3H3,(H,31,38)/t19?,20-,24+,25-/m1/s1. The SMILES string of the molecule is CC(C)(C)[C@@H](C(=O)N1C[C@H](O)C[C@H]1C(=O)NC1CCCN(c2ccc(C#N)cc2F)C1)n1cc(C2CC2)nn1. The summed E-state index contributed by atoms with van der Waals surface area (Å²) in [7, 11) is 0. The Morgan fingerprint density at radius 1 is 1.23 bits per heavy atom. The van der Waals surface area contributed by atoms with Crippen LogP contribution in [0.4, 0.5) is 10.1 Å². The van der Waals surface area contributed by atoms with Gasteiger partial charge in [0.2, 0.25) is 11.8 Å². The van der Waals surface area contributed by atoms with Gasteiger partial charge in [-0.25, -0.2) is 9.07 Å². The zero-order valence-electron chi connectivity index (χ0n) is 22.7. The lowest BCUT2D eigenvalue weighted by molar-refractivity contribution is -0.144. The smallest absolute Gasteiger partial charge is 0.248 e. The van der Waals surface area contributed by atoms with Crippen molar-refractivity contribution in [2.24, 2.45) is 5.41 Å². The molecule has 2 N–H and O–H groups in total. The van der Waals surface area contributed by atoms with E-state index in [1.165, 1.54) is 11.0 Å². The maximum Gasteiger partial charge on any atom is 0.248 e. The maximum absolute atomic E-state index is 14.6. The zero-order valence-corrected chi connectivity index (χ0v) is 22.7. The third-order valence-corrected chi connectivity index (χ3v) is 7.89. The van der Waals surface area contributed by atoms with E-state index in [1.54, 1.807) is 16.8 Å². The highest BCUT2D eigenvalue weighted by atomic mass is 19.1. The lowest BCUT2D eigenvalue weighted by Crippen LogP contribution is -2.54. The molecule has 1 saturated carbocycles. The number of likely N-dealkylation sites (tertiary alicyclic amines) is 1. The number of carbonyl (C=O) groups excluding carboxylic acids is 2. The minimum atomic E-state index is -0.814. The fourth-order valence-electron chi connectivity index (χ4n) is 5.77. The van der Waals surface area contributed by atoms with Gasteiger partial charge in [0.05, 0.1) is 29.1 Å². The second-order valence-corrected chi connectivity index (χ2v) is 12.1. The Bertz CT molecular complexity index is 1280. The highest BCUT2D eigenvalue weighted by molar-refractivity contribution is 5.90. The van der Waals surface area contributed by atoms with E-state index in [-0.39, 0.29) is 36.4 Å². The first-order valence-electron chi connectivity index (χ1n) is 13.7. The predicted octanol–water partition coefficient (Wildman–Crippen LogP) is 2.50. The van der Waals surface area contributed by atoms with Gasteiger partial charge in [-0.05, 0) is 49.3 Å². The van der Waals surface area contributed by atoms with Crippen LogP contribution in [0.25, 0.3) is 0 Å². The van der Waals surface area contributed by atoms with Crippen LogP contribution in [0, 0.1) is 22.6 Å². The maximum atomic E-state index is 14.6. The molecule has 3 fully saturated rings. The summed E-state index contributed by atoms with van der Waals surface area (Å²) >= 11 is 0. The number of halogens is 1. The van der Waals surface area contributed by atoms with Crippen molar-refractivity contribution >= 4 is 17.5 Å². The molecule has 208 valence electrons. The predicted molar refractivity (Wildman–Crippen MR) is 141 cm³/mol. The Morgan fingerprint density at radius 3 is 2.67 bits per heavy atom. The Labute approximate surface area is 227 Å². The number of aromatic nitrogens is 3. The minimum absolute atomic E-state index is 0.0704. The monoisotopic (exact) mass is 537 g/mol. The summed E-state index contributed by atoms with van der Waals surface area (Å²) < 4.78 is 16.2. The van der Waals surface area contributed by atoms with Crippen molar-refractivity contribution < 1.29 is 19.1 Å². The number of anilines is 1. The van der Waals surface area contributed by atoms with Gasteiger partial charge in [0.1, 0.15) is 17.9 Å². The average molecular weight is 538 g/mol. The van der Waals surface area contributed by atoms with E-state index >= 15 is 0 Å². The largest absolute Gasteiger partial charge is 0.391 e. The molecule has 2 amide bonds. The lowest BCUT2D eigenvalue weighted by atomic mass is 9.85. The number of nitrogens with zero attached hydrogens (tertiary/aromatic N) is 6. The first-order chi connectivity index (χ1) is 18.5. The summed E-state index contributed by atoms with van der Waals surface area (Å²) in [6.45, 7) is 6.97. The molecule has 2 saturated heterocycles. The molecule has 1 aromatic carbocycles. The number of rotatable bonds is 6. The second kappa shape index (κ2) is 10.6. The molecule has 5 rings (SSSR count). The van der Waals surface area contributed by atoms with Gasteiger partial charge < -0.3 is 20.2 Å². The summed E-state index contributed by atoms with van der Waals surface area (Å²) in [4.78, 5) is 30.8. The van der Waals surface area contributed by atoms with Gasteiger partial charge in [0.25, 0.3) is 0 Å². The Morgan fingerprint density at radius 2 is 2.00 bits per heavy atom. The van der Waals surface area contributed by atoms with Crippen molar-refractivity contribution in [3.05, 3.63) is 41.5 Å². The zero-order chi connectivity index (χ0) is 27.9. The van der Waals surface area contributed by atoms with Crippen molar-refractivity contribution in [2.75, 3.05) is 24.5 Å². The Hall–Kier alpha value is -3.52. The molecule has 3 heterocycles. The Kier molecular flexibility index (Phi) is 7.33. The summed E-state index contributed by atoms with van der Waals surface area (Å²) in [6.07, 6.45) is 4.80. The van der Waals surface area contributed by atoms with Gasteiger partial charge in [0, 0.05) is 44.2 Å². The van der Waals surface area contributed by atoms with Crippen LogP contribution in [-0.4, -0.2) is 74.6 Å². The van der Waals surface area contributed by atoms with Crippen LogP contribution in [0.3, 0.4) is 0 Å². The van der Waals surface area contributed by atoms with Crippen molar-refractivity contribution in [1.82, 2.24) is 25.2 Å². The molecule has 10 nitrogen and oxygen atoms in total. The third-order valence-electron chi connectivity index (χ3n) is 7.89. The summed E-state index contributed by atoms with van der Waals surface area (Å²) in [5.74, 6) is -0.661. The molecule has 1 unspecified atom stereocenters. The van der Waals surface area contributed by atoms with Gasteiger partial charge in [-0.15, -0.1) is 5.10 Å². The molecule has 2 aliphatic heterocycles. The van der Waals surface area contributed by atoms with Crippen molar-refractivity contribution in [1.29, 1.82) is 5.26 Å². The van der Waals surface area contributed by atoms with E-state index in [0.717, 1.165) is 31.4 Å². The van der Waals surface area contributed by atoms with Crippen LogP contribution in [0.5, 0.6) is 0 Å². The molecule has 11 heteroatoms. The molecule has 0 spiro atoms. The minimum Gasteiger partial charge on any atom is -0.391 e. The van der Waals surface area contributed by atoms with Crippen molar-refractivity contribution in [2.45, 2.75) is 83.0 Å². The first-order valence-corrected chi connectivity index (χ1v) is 13.7. The molecule has 4 atom stereocenters. The molecule has 0 bridgehead atoms. The first kappa shape index (κ1) is 27.1. The number of aliphatic hydroxyl groups is 1. The summed E-state index contributed by atoms with van der Waals surface area (Å²) in [5, 5.41) is 31.1. The second-order valence-electron chi connectivity index (χ2n) is 12.1. The molecule has 3 aliphatic rings. The Balaban J connectivity index is 1.29. The van der Waals surface area contributed by atoms with Crippen LogP contribution >= 0.6 is 0 Å². The van der Waals surface area contributed by atoms with Gasteiger partial charge in [-0.1, -0.05) is 26.0 Å². The molecule has 1 aliphatic carbocycles. The van der Waals surface area contributed by atoms with E-state index in [9.17, 15) is 19.1 Å². The summed E-state index contributed by atoms with van der Waals surface area (Å²) in [5.41, 5.74) is 1.03. The van der Waals surface area contributed by atoms with Gasteiger partial charge in [-0.2, -0.15) is 5.26 Å². The number of benzene rings is 1. The van der Waals surface area contributed by atoms with Gasteiger partial charge in [0.15, 0.2) is 0 Å². The van der Waals surface area contributed by atoms with E-state index < -0.39 is 29.4 Å². The van der Waals surface area contributed by atoms with Gasteiger partial charge in [-0.3, -0.25) is 9.59 Å². The van der Waals surface area contributed by atoms with Crippen LogP contribution in [0.2, 0.25) is 0 Å². The molecular formula is C28H36FN7O3. The average Bonchev–Trinajstić information content (AvgIpc) is 3.49. The number of nitrogens with one attached hydrogen (secondary N) is 1. The van der Waals surface area contributed by atoms with Crippen LogP contribution in [-0.2, 0) is 9.59 Å². The molecular weight excluding hydrogens is 501 g/mol. The number of carbonyl (C=O) groups is 2. The molecule has 1 aromatic heterocycles. The number of hydrogen-bond acceptors (Lipinski definition) is 7. The molecule has 39 heavy (non-hydrogen) atoms. The summed E-state index contributed by atoms with van der Waals surface area (Å²) in [6, 6.07) is 4.60. The quantitative estimate of drug-likeness (QED) is 0.580. The third kappa shape index (κ3) is 5.76. The van der Waals surface area contributed by atoms with E-state index in [4.69, 9.17) is 5.26 Å². The normalized spacial score (nSPS) is 24.4. The van der Waals surface area contributed by atoms with E-state index in [1.807, 2.05) is 37.9 Å². The number of piperidine rings is 1. The van der Waals surface area contributed by atoms with Crippen molar-refractivity contribution in [3.8, 4) is 6.07 Å². The topological polar surface area (TPSA) is 127 Å². The fraction of sp³-hybridized carbons (Fsp3) is 0.607. The highest BCUT2D eigenvalue weighted by Crippen LogP contribution is 2.40. The molecule has 0 radical (unpaired) electrons. The van der Waals surface area contributed by atoms with Gasteiger partial charge >= 0.3 is 0 Å². The van der Waals surface area contributed by atoms with Crippen LogP contribution in [0.1, 0.15) is 76.1 Å². The number of hydrogen-bond donors (Lipinski definition) is 2. The molecule has 2 aromatic rings. The number of amides is 2. The number of nitriles is 1. The number of β-amino-alcohol motifs (C(OH)–C–C–N with tert-alkyl or cyclic N) is 1. The van der Waals surface area contributed by atoms with Crippen molar-refractivity contribution in [3.63, 3.8) is 0 Å². The number of aliphatic hydroxyl groups excluding tert-OH is 1. The van der Waals surface area contributed by atoms with E-state index in [0.29, 0.717) is 24.7 Å². The highest BCUT2D eigenvalue weighted by Gasteiger charge is 2.46. The fourth-order valence-corrected chi connectivity index (χ4v) is 5.77. The van der Waals surface area contributed by atoms with Crippen LogP contribution in [0.15, 0.2) is 24.4 Å². The van der Waals surface area contributed by atoms with Crippen LogP contribution < -0.4 is 10.2 Å². The lowest BCUT2D eigenvalue weighted by Gasteiger charge is -2.37.